The summed E-state index contributed by atoms with van der Waals surface area (Å²) < 4.78 is 2.22. The van der Waals surface area contributed by atoms with Crippen LogP contribution in [0.2, 0.25) is 0 Å². The Morgan fingerprint density at radius 1 is 1.11 bits per heavy atom. The number of aromatic nitrogens is 2. The second kappa shape index (κ2) is 7.12. The molecular weight excluding hydrogens is 248 g/mol. The number of rotatable bonds is 5. The molecule has 18 heavy (non-hydrogen) atoms. The van der Waals surface area contributed by atoms with Crippen molar-refractivity contribution >= 4 is 11.6 Å². The standard InChI is InChI=1S/C13H23ClN4/c1-13-15-4-8-18(13)12-11-17-6-2-5-16(7-3-14)9-10-17/h4,8H,2-3,5-7,9-12H2,1H3. The first-order chi connectivity index (χ1) is 8.79. The molecule has 0 aromatic carbocycles. The average Bonchev–Trinajstić information content (AvgIpc) is 2.63. The van der Waals surface area contributed by atoms with Crippen molar-refractivity contribution in [1.29, 1.82) is 0 Å². The second-order valence-corrected chi connectivity index (χ2v) is 5.27. The molecule has 0 spiro atoms. The third-order valence-electron chi connectivity index (χ3n) is 3.66. The minimum atomic E-state index is 0.744. The third-order valence-corrected chi connectivity index (χ3v) is 3.83. The second-order valence-electron chi connectivity index (χ2n) is 4.89. The van der Waals surface area contributed by atoms with Gasteiger partial charge in [0.05, 0.1) is 0 Å². The van der Waals surface area contributed by atoms with Crippen LogP contribution in [0.5, 0.6) is 0 Å². The van der Waals surface area contributed by atoms with Crippen molar-refractivity contribution in [3.63, 3.8) is 0 Å². The molecule has 1 aromatic rings. The maximum atomic E-state index is 5.81. The summed E-state index contributed by atoms with van der Waals surface area (Å²) in [6.45, 7) is 9.94. The smallest absolute Gasteiger partial charge is 0.105 e. The molecule has 1 aliphatic rings. The Morgan fingerprint density at radius 3 is 2.44 bits per heavy atom. The number of alkyl halides is 1. The zero-order valence-electron chi connectivity index (χ0n) is 11.2. The lowest BCUT2D eigenvalue weighted by Gasteiger charge is -2.21. The molecule has 0 saturated carbocycles. The predicted octanol–water partition coefficient (Wildman–Crippen LogP) is 1.44. The molecule has 5 heteroatoms. The molecule has 1 aromatic heterocycles. The molecule has 1 fully saturated rings. The summed E-state index contributed by atoms with van der Waals surface area (Å²) in [6, 6.07) is 0. The highest BCUT2D eigenvalue weighted by Crippen LogP contribution is 2.04. The van der Waals surface area contributed by atoms with Crippen LogP contribution in [0.3, 0.4) is 0 Å². The van der Waals surface area contributed by atoms with Crippen LogP contribution in [0.1, 0.15) is 12.2 Å². The molecule has 2 rings (SSSR count). The van der Waals surface area contributed by atoms with Crippen molar-refractivity contribution < 1.29 is 0 Å². The monoisotopic (exact) mass is 270 g/mol. The first-order valence-corrected chi connectivity index (χ1v) is 7.31. The normalized spacial score (nSPS) is 19.0. The summed E-state index contributed by atoms with van der Waals surface area (Å²) in [5.74, 6) is 1.85. The minimum Gasteiger partial charge on any atom is -0.334 e. The molecular formula is C13H23ClN4. The van der Waals surface area contributed by atoms with Gasteiger partial charge >= 0.3 is 0 Å². The molecule has 1 saturated heterocycles. The van der Waals surface area contributed by atoms with Gasteiger partial charge in [0.1, 0.15) is 5.82 Å². The summed E-state index contributed by atoms with van der Waals surface area (Å²) in [7, 11) is 0. The Kier molecular flexibility index (Phi) is 5.47. The van der Waals surface area contributed by atoms with Crippen LogP contribution >= 0.6 is 11.6 Å². The fraction of sp³-hybridized carbons (Fsp3) is 0.769. The van der Waals surface area contributed by atoms with Gasteiger partial charge in [-0.2, -0.15) is 0 Å². The van der Waals surface area contributed by atoms with Crippen molar-refractivity contribution in [2.24, 2.45) is 0 Å². The molecule has 0 amide bonds. The Morgan fingerprint density at radius 2 is 1.83 bits per heavy atom. The van der Waals surface area contributed by atoms with Gasteiger partial charge in [-0.1, -0.05) is 0 Å². The zero-order valence-corrected chi connectivity index (χ0v) is 11.9. The fourth-order valence-corrected chi connectivity index (χ4v) is 2.72. The summed E-state index contributed by atoms with van der Waals surface area (Å²) in [5, 5.41) is 0. The van der Waals surface area contributed by atoms with Crippen LogP contribution in [0.15, 0.2) is 12.4 Å². The predicted molar refractivity (Wildman–Crippen MR) is 75.2 cm³/mol. The number of halogens is 1. The Labute approximate surface area is 115 Å². The zero-order chi connectivity index (χ0) is 12.8. The maximum Gasteiger partial charge on any atom is 0.105 e. The molecule has 0 unspecified atom stereocenters. The molecule has 102 valence electrons. The quantitative estimate of drug-likeness (QED) is 0.757. The van der Waals surface area contributed by atoms with Crippen LogP contribution in [-0.2, 0) is 6.54 Å². The van der Waals surface area contributed by atoms with Gasteiger partial charge in [0, 0.05) is 51.0 Å². The van der Waals surface area contributed by atoms with E-state index in [1.165, 1.54) is 19.5 Å². The topological polar surface area (TPSA) is 24.3 Å². The van der Waals surface area contributed by atoms with Gasteiger partial charge < -0.3 is 14.4 Å². The van der Waals surface area contributed by atoms with Crippen molar-refractivity contribution in [3.8, 4) is 0 Å². The number of nitrogens with zero attached hydrogens (tertiary/aromatic N) is 4. The van der Waals surface area contributed by atoms with Gasteiger partial charge in [-0.15, -0.1) is 11.6 Å². The highest BCUT2D eigenvalue weighted by atomic mass is 35.5. The SMILES string of the molecule is Cc1nccn1CCN1CCCN(CCCl)CC1. The third kappa shape index (κ3) is 3.97. The van der Waals surface area contributed by atoms with E-state index in [0.717, 1.165) is 44.4 Å². The lowest BCUT2D eigenvalue weighted by molar-refractivity contribution is 0.256. The molecule has 0 aliphatic carbocycles. The molecule has 1 aliphatic heterocycles. The lowest BCUT2D eigenvalue weighted by atomic mass is 10.4. The van der Waals surface area contributed by atoms with E-state index < -0.39 is 0 Å². The minimum absolute atomic E-state index is 0.744. The van der Waals surface area contributed by atoms with Crippen LogP contribution in [-0.4, -0.2) is 64.5 Å². The van der Waals surface area contributed by atoms with Gasteiger partial charge in [-0.3, -0.25) is 0 Å². The van der Waals surface area contributed by atoms with E-state index >= 15 is 0 Å². The summed E-state index contributed by atoms with van der Waals surface area (Å²) >= 11 is 5.81. The van der Waals surface area contributed by atoms with E-state index in [1.54, 1.807) is 0 Å². The Hall–Kier alpha value is -0.580. The van der Waals surface area contributed by atoms with E-state index in [2.05, 4.69) is 32.5 Å². The largest absolute Gasteiger partial charge is 0.334 e. The summed E-state index contributed by atoms with van der Waals surface area (Å²) in [6.07, 6.45) is 5.19. The molecule has 0 atom stereocenters. The summed E-state index contributed by atoms with van der Waals surface area (Å²) in [4.78, 5) is 9.27. The van der Waals surface area contributed by atoms with E-state index in [0.29, 0.717) is 0 Å². The van der Waals surface area contributed by atoms with Gasteiger partial charge in [0.2, 0.25) is 0 Å². The first kappa shape index (κ1) is 13.8. The van der Waals surface area contributed by atoms with E-state index in [4.69, 9.17) is 11.6 Å². The summed E-state index contributed by atoms with van der Waals surface area (Å²) in [5.41, 5.74) is 0. The van der Waals surface area contributed by atoms with Crippen molar-refractivity contribution in [2.75, 3.05) is 45.1 Å². The van der Waals surface area contributed by atoms with Crippen LogP contribution < -0.4 is 0 Å². The fourth-order valence-electron chi connectivity index (χ4n) is 2.48. The van der Waals surface area contributed by atoms with Crippen LogP contribution in [0, 0.1) is 6.92 Å². The first-order valence-electron chi connectivity index (χ1n) is 6.78. The average molecular weight is 271 g/mol. The molecule has 0 bridgehead atoms. The molecule has 2 heterocycles. The van der Waals surface area contributed by atoms with Crippen molar-refractivity contribution in [3.05, 3.63) is 18.2 Å². The van der Waals surface area contributed by atoms with E-state index in [9.17, 15) is 0 Å². The maximum absolute atomic E-state index is 5.81. The number of aryl methyl sites for hydroxylation is 1. The van der Waals surface area contributed by atoms with Crippen LogP contribution in [0.4, 0.5) is 0 Å². The number of hydrogen-bond acceptors (Lipinski definition) is 3. The number of hydrogen-bond donors (Lipinski definition) is 0. The Bertz CT molecular complexity index is 353. The van der Waals surface area contributed by atoms with Gasteiger partial charge in [0.15, 0.2) is 0 Å². The van der Waals surface area contributed by atoms with Crippen molar-refractivity contribution in [2.45, 2.75) is 19.9 Å². The van der Waals surface area contributed by atoms with E-state index in [-0.39, 0.29) is 0 Å². The van der Waals surface area contributed by atoms with Crippen molar-refractivity contribution in [1.82, 2.24) is 19.4 Å². The molecule has 4 nitrogen and oxygen atoms in total. The van der Waals surface area contributed by atoms with Crippen LogP contribution in [0.25, 0.3) is 0 Å². The highest BCUT2D eigenvalue weighted by molar-refractivity contribution is 6.18. The number of imidazole rings is 1. The Balaban J connectivity index is 1.75. The highest BCUT2D eigenvalue weighted by Gasteiger charge is 2.14. The molecule has 0 N–H and O–H groups in total. The molecule has 0 radical (unpaired) electrons. The van der Waals surface area contributed by atoms with Gasteiger partial charge in [-0.25, -0.2) is 4.98 Å². The van der Waals surface area contributed by atoms with Gasteiger partial charge in [-0.05, 0) is 26.4 Å². The van der Waals surface area contributed by atoms with E-state index in [1.807, 2.05) is 6.20 Å². The lowest BCUT2D eigenvalue weighted by Crippen LogP contribution is -2.33. The van der Waals surface area contributed by atoms with Gasteiger partial charge in [0.25, 0.3) is 0 Å².